The molecule has 1 unspecified atom stereocenters. The van der Waals surface area contributed by atoms with Gasteiger partial charge in [-0.05, 0) is 19.8 Å². The maximum absolute atomic E-state index is 11.8. The highest BCUT2D eigenvalue weighted by molar-refractivity contribution is 7.09. The van der Waals surface area contributed by atoms with Crippen molar-refractivity contribution >= 4 is 17.2 Å². The Kier molecular flexibility index (Phi) is 4.50. The van der Waals surface area contributed by atoms with Crippen LogP contribution in [0.1, 0.15) is 37.2 Å². The molecule has 1 amide bonds. The maximum Gasteiger partial charge on any atom is 0.223 e. The third-order valence-electron chi connectivity index (χ3n) is 3.07. The minimum atomic E-state index is 0.237. The lowest BCUT2D eigenvalue weighted by molar-refractivity contribution is -0.130. The predicted molar refractivity (Wildman–Crippen MR) is 69.0 cm³/mol. The summed E-state index contributed by atoms with van der Waals surface area (Å²) in [6.07, 6.45) is 4.73. The van der Waals surface area contributed by atoms with Gasteiger partial charge in [0.15, 0.2) is 0 Å². The van der Waals surface area contributed by atoms with Crippen molar-refractivity contribution in [3.8, 4) is 0 Å². The molecule has 1 N–H and O–H groups in total. The molecular weight excluding hydrogens is 234 g/mol. The molecule has 0 saturated carbocycles. The number of carbonyl (C=O) groups is 1. The van der Waals surface area contributed by atoms with Crippen molar-refractivity contribution < 1.29 is 4.79 Å². The van der Waals surface area contributed by atoms with Gasteiger partial charge in [-0.25, -0.2) is 4.98 Å². The zero-order chi connectivity index (χ0) is 12.1. The number of aromatic nitrogens is 1. The first-order chi connectivity index (χ1) is 8.27. The van der Waals surface area contributed by atoms with Crippen LogP contribution in [-0.2, 0) is 4.79 Å². The second-order valence-electron chi connectivity index (χ2n) is 4.38. The van der Waals surface area contributed by atoms with Crippen LogP contribution in [0, 0.1) is 0 Å². The van der Waals surface area contributed by atoms with Crippen molar-refractivity contribution in [2.45, 2.75) is 32.2 Å². The van der Waals surface area contributed by atoms with E-state index in [2.05, 4.69) is 17.2 Å². The van der Waals surface area contributed by atoms with Gasteiger partial charge in [0.1, 0.15) is 5.01 Å². The Labute approximate surface area is 106 Å². The van der Waals surface area contributed by atoms with E-state index >= 15 is 0 Å². The second-order valence-corrected chi connectivity index (χ2v) is 5.31. The summed E-state index contributed by atoms with van der Waals surface area (Å²) in [6, 6.07) is 0.237. The van der Waals surface area contributed by atoms with E-state index in [1.807, 2.05) is 16.5 Å². The lowest BCUT2D eigenvalue weighted by Gasteiger charge is -2.16. The Morgan fingerprint density at radius 1 is 1.59 bits per heavy atom. The Morgan fingerprint density at radius 3 is 3.00 bits per heavy atom. The van der Waals surface area contributed by atoms with Crippen molar-refractivity contribution in [1.29, 1.82) is 0 Å². The molecule has 94 valence electrons. The Balaban J connectivity index is 1.67. The Morgan fingerprint density at radius 2 is 2.35 bits per heavy atom. The Bertz CT molecular complexity index is 347. The first kappa shape index (κ1) is 12.5. The molecule has 0 aliphatic carbocycles. The third-order valence-corrected chi connectivity index (χ3v) is 4.03. The van der Waals surface area contributed by atoms with Gasteiger partial charge in [-0.3, -0.25) is 4.79 Å². The molecule has 1 aliphatic heterocycles. The monoisotopic (exact) mass is 253 g/mol. The van der Waals surface area contributed by atoms with Crippen LogP contribution < -0.4 is 5.32 Å². The summed E-state index contributed by atoms with van der Waals surface area (Å²) in [6.45, 7) is 4.71. The molecule has 17 heavy (non-hydrogen) atoms. The molecular formula is C12H19N3OS. The van der Waals surface area contributed by atoms with Gasteiger partial charge in [0.25, 0.3) is 0 Å². The fourth-order valence-corrected chi connectivity index (χ4v) is 2.73. The van der Waals surface area contributed by atoms with E-state index in [9.17, 15) is 4.79 Å². The molecule has 1 aliphatic rings. The SMILES string of the molecule is CC(NCCC(=O)N1CCCC1)c1nccs1. The second kappa shape index (κ2) is 6.12. The van der Waals surface area contributed by atoms with Crippen LogP contribution in [-0.4, -0.2) is 35.4 Å². The maximum atomic E-state index is 11.8. The number of likely N-dealkylation sites (tertiary alicyclic amines) is 1. The van der Waals surface area contributed by atoms with Gasteiger partial charge in [-0.2, -0.15) is 0 Å². The summed E-state index contributed by atoms with van der Waals surface area (Å²) >= 11 is 1.65. The van der Waals surface area contributed by atoms with Gasteiger partial charge in [-0.1, -0.05) is 0 Å². The van der Waals surface area contributed by atoms with E-state index in [4.69, 9.17) is 0 Å². The van der Waals surface area contributed by atoms with E-state index in [0.717, 1.165) is 37.5 Å². The normalized spacial score (nSPS) is 17.4. The number of hydrogen-bond acceptors (Lipinski definition) is 4. The average molecular weight is 253 g/mol. The highest BCUT2D eigenvalue weighted by atomic mass is 32.1. The van der Waals surface area contributed by atoms with Gasteiger partial charge in [0, 0.05) is 37.6 Å². The molecule has 2 heterocycles. The smallest absolute Gasteiger partial charge is 0.223 e. The Hall–Kier alpha value is -0.940. The summed E-state index contributed by atoms with van der Waals surface area (Å²) < 4.78 is 0. The zero-order valence-electron chi connectivity index (χ0n) is 10.2. The number of rotatable bonds is 5. The number of amides is 1. The van der Waals surface area contributed by atoms with Crippen molar-refractivity contribution in [3.63, 3.8) is 0 Å². The van der Waals surface area contributed by atoms with Crippen LogP contribution in [0.5, 0.6) is 0 Å². The van der Waals surface area contributed by atoms with Crippen molar-refractivity contribution in [1.82, 2.24) is 15.2 Å². The average Bonchev–Trinajstić information content (AvgIpc) is 3.02. The van der Waals surface area contributed by atoms with Crippen LogP contribution in [0.15, 0.2) is 11.6 Å². The standard InChI is InChI=1S/C12H19N3OS/c1-10(12-14-6-9-17-12)13-5-4-11(16)15-7-2-3-8-15/h6,9-10,13H,2-5,7-8H2,1H3. The van der Waals surface area contributed by atoms with Gasteiger partial charge in [0.2, 0.25) is 5.91 Å². The highest BCUT2D eigenvalue weighted by Crippen LogP contribution is 2.14. The summed E-state index contributed by atoms with van der Waals surface area (Å²) in [5, 5.41) is 6.40. The fourth-order valence-electron chi connectivity index (χ4n) is 2.06. The first-order valence-electron chi connectivity index (χ1n) is 6.18. The molecule has 0 radical (unpaired) electrons. The molecule has 1 aromatic heterocycles. The largest absolute Gasteiger partial charge is 0.343 e. The zero-order valence-corrected chi connectivity index (χ0v) is 11.0. The molecule has 0 spiro atoms. The van der Waals surface area contributed by atoms with Crippen LogP contribution >= 0.6 is 11.3 Å². The number of carbonyl (C=O) groups excluding carboxylic acids is 1. The molecule has 1 atom stereocenters. The van der Waals surface area contributed by atoms with Gasteiger partial charge in [0.05, 0.1) is 6.04 Å². The fraction of sp³-hybridized carbons (Fsp3) is 0.667. The van der Waals surface area contributed by atoms with E-state index < -0.39 is 0 Å². The molecule has 0 aromatic carbocycles. The molecule has 4 nitrogen and oxygen atoms in total. The van der Waals surface area contributed by atoms with Crippen LogP contribution in [0.4, 0.5) is 0 Å². The van der Waals surface area contributed by atoms with Gasteiger partial charge in [-0.15, -0.1) is 11.3 Å². The summed E-state index contributed by atoms with van der Waals surface area (Å²) in [5.74, 6) is 0.279. The summed E-state index contributed by atoms with van der Waals surface area (Å²) in [7, 11) is 0. The lowest BCUT2D eigenvalue weighted by atomic mass is 10.3. The summed E-state index contributed by atoms with van der Waals surface area (Å²) in [4.78, 5) is 18.0. The molecule has 0 bridgehead atoms. The van der Waals surface area contributed by atoms with Crippen molar-refractivity contribution in [3.05, 3.63) is 16.6 Å². The van der Waals surface area contributed by atoms with E-state index in [1.54, 1.807) is 11.3 Å². The lowest BCUT2D eigenvalue weighted by Crippen LogP contribution is -2.31. The topological polar surface area (TPSA) is 45.2 Å². The van der Waals surface area contributed by atoms with Gasteiger partial charge >= 0.3 is 0 Å². The molecule has 1 saturated heterocycles. The number of thiazole rings is 1. The van der Waals surface area contributed by atoms with Crippen LogP contribution in [0.3, 0.4) is 0 Å². The number of hydrogen-bond donors (Lipinski definition) is 1. The number of nitrogens with one attached hydrogen (secondary N) is 1. The molecule has 5 heteroatoms. The third kappa shape index (κ3) is 3.51. The minimum absolute atomic E-state index is 0.237. The molecule has 2 rings (SSSR count). The van der Waals surface area contributed by atoms with E-state index in [-0.39, 0.29) is 11.9 Å². The van der Waals surface area contributed by atoms with Gasteiger partial charge < -0.3 is 10.2 Å². The summed E-state index contributed by atoms with van der Waals surface area (Å²) in [5.41, 5.74) is 0. The van der Waals surface area contributed by atoms with Crippen molar-refractivity contribution in [2.75, 3.05) is 19.6 Å². The van der Waals surface area contributed by atoms with E-state index in [0.29, 0.717) is 6.42 Å². The van der Waals surface area contributed by atoms with Crippen molar-refractivity contribution in [2.24, 2.45) is 0 Å². The van der Waals surface area contributed by atoms with Crippen LogP contribution in [0.25, 0.3) is 0 Å². The number of nitrogens with zero attached hydrogens (tertiary/aromatic N) is 2. The minimum Gasteiger partial charge on any atom is -0.343 e. The van der Waals surface area contributed by atoms with E-state index in [1.165, 1.54) is 0 Å². The molecule has 1 aromatic rings. The predicted octanol–water partition coefficient (Wildman–Crippen LogP) is 1.81. The first-order valence-corrected chi connectivity index (χ1v) is 7.06. The quantitative estimate of drug-likeness (QED) is 0.870. The molecule has 1 fully saturated rings. The highest BCUT2D eigenvalue weighted by Gasteiger charge is 2.17. The van der Waals surface area contributed by atoms with Crippen LogP contribution in [0.2, 0.25) is 0 Å².